The van der Waals surface area contributed by atoms with Gasteiger partial charge < -0.3 is 15.5 Å². The highest BCUT2D eigenvalue weighted by atomic mass is 35.5. The van der Waals surface area contributed by atoms with Gasteiger partial charge in [0.05, 0.1) is 5.92 Å². The Morgan fingerprint density at radius 1 is 1.17 bits per heavy atom. The van der Waals surface area contributed by atoms with Crippen LogP contribution in [0.5, 0.6) is 0 Å². The van der Waals surface area contributed by atoms with Crippen molar-refractivity contribution in [2.75, 3.05) is 18.4 Å². The number of nitrogens with zero attached hydrogens (tertiary/aromatic N) is 1. The van der Waals surface area contributed by atoms with Crippen LogP contribution in [-0.2, 0) is 11.2 Å². The number of likely N-dealkylation sites (tertiary alicyclic amines) is 1. The lowest BCUT2D eigenvalue weighted by molar-refractivity contribution is -0.126. The van der Waals surface area contributed by atoms with Crippen molar-refractivity contribution in [3.05, 3.63) is 64.1 Å². The van der Waals surface area contributed by atoms with Gasteiger partial charge in [0.25, 0.3) is 0 Å². The Morgan fingerprint density at radius 2 is 1.93 bits per heavy atom. The van der Waals surface area contributed by atoms with Crippen LogP contribution >= 0.6 is 23.2 Å². The Hall–Kier alpha value is -2.24. The van der Waals surface area contributed by atoms with Crippen LogP contribution in [0.25, 0.3) is 0 Å². The number of hydrogen-bond acceptors (Lipinski definition) is 2. The minimum atomic E-state index is -0.214. The van der Waals surface area contributed by atoms with E-state index in [4.69, 9.17) is 23.2 Å². The number of urea groups is 1. The molecule has 2 atom stereocenters. The van der Waals surface area contributed by atoms with Crippen molar-refractivity contribution < 1.29 is 9.59 Å². The SMILES string of the molecule is CC(Cc1ccc(Cl)cc1Cl)NC(=O)C1CCCN(C(=O)Nc2ccccc2)C1. The molecule has 1 aliphatic heterocycles. The molecular weight excluding hydrogens is 409 g/mol. The lowest BCUT2D eigenvalue weighted by Crippen LogP contribution is -2.48. The third-order valence-electron chi connectivity index (χ3n) is 5.03. The summed E-state index contributed by atoms with van der Waals surface area (Å²) in [6.07, 6.45) is 2.19. The van der Waals surface area contributed by atoms with Gasteiger partial charge in [-0.3, -0.25) is 4.79 Å². The molecule has 1 fully saturated rings. The number of amides is 3. The molecule has 7 heteroatoms. The van der Waals surface area contributed by atoms with Crippen LogP contribution < -0.4 is 10.6 Å². The zero-order chi connectivity index (χ0) is 20.8. The average Bonchev–Trinajstić information content (AvgIpc) is 2.71. The third-order valence-corrected chi connectivity index (χ3v) is 5.62. The summed E-state index contributed by atoms with van der Waals surface area (Å²) in [5.74, 6) is -0.242. The molecule has 1 heterocycles. The van der Waals surface area contributed by atoms with Gasteiger partial charge in [0, 0.05) is 34.9 Å². The second-order valence-electron chi connectivity index (χ2n) is 7.43. The van der Waals surface area contributed by atoms with E-state index in [9.17, 15) is 9.59 Å². The molecule has 0 radical (unpaired) electrons. The Labute approximate surface area is 181 Å². The molecule has 154 valence electrons. The Morgan fingerprint density at radius 3 is 2.66 bits per heavy atom. The Balaban J connectivity index is 1.52. The van der Waals surface area contributed by atoms with E-state index in [0.29, 0.717) is 29.6 Å². The van der Waals surface area contributed by atoms with Gasteiger partial charge in [-0.05, 0) is 56.0 Å². The van der Waals surface area contributed by atoms with E-state index in [-0.39, 0.29) is 23.9 Å². The van der Waals surface area contributed by atoms with E-state index in [1.807, 2.05) is 43.3 Å². The predicted octanol–water partition coefficient (Wildman–Crippen LogP) is 4.98. The summed E-state index contributed by atoms with van der Waals surface area (Å²) in [7, 11) is 0. The van der Waals surface area contributed by atoms with Crippen LogP contribution in [0.4, 0.5) is 10.5 Å². The molecular formula is C22H25Cl2N3O2. The number of para-hydroxylation sites is 1. The van der Waals surface area contributed by atoms with E-state index >= 15 is 0 Å². The lowest BCUT2D eigenvalue weighted by atomic mass is 9.96. The summed E-state index contributed by atoms with van der Waals surface area (Å²) in [4.78, 5) is 27.0. The van der Waals surface area contributed by atoms with Gasteiger partial charge in [0.1, 0.15) is 0 Å². The summed E-state index contributed by atoms with van der Waals surface area (Å²) in [5.41, 5.74) is 1.69. The number of rotatable bonds is 5. The fourth-order valence-electron chi connectivity index (χ4n) is 3.53. The first-order valence-electron chi connectivity index (χ1n) is 9.77. The first-order valence-corrected chi connectivity index (χ1v) is 10.5. The molecule has 2 aromatic rings. The highest BCUT2D eigenvalue weighted by Gasteiger charge is 2.29. The van der Waals surface area contributed by atoms with Crippen molar-refractivity contribution in [2.45, 2.75) is 32.2 Å². The van der Waals surface area contributed by atoms with E-state index in [2.05, 4.69) is 10.6 Å². The smallest absolute Gasteiger partial charge is 0.321 e. The van der Waals surface area contributed by atoms with Gasteiger partial charge in [0.15, 0.2) is 0 Å². The van der Waals surface area contributed by atoms with Gasteiger partial charge in [-0.1, -0.05) is 47.5 Å². The van der Waals surface area contributed by atoms with Crippen LogP contribution in [0.15, 0.2) is 48.5 Å². The van der Waals surface area contributed by atoms with Gasteiger partial charge in [0.2, 0.25) is 5.91 Å². The maximum absolute atomic E-state index is 12.7. The number of halogens is 2. The highest BCUT2D eigenvalue weighted by Crippen LogP contribution is 2.23. The van der Waals surface area contributed by atoms with Crippen molar-refractivity contribution in [3.63, 3.8) is 0 Å². The summed E-state index contributed by atoms with van der Waals surface area (Å²) >= 11 is 12.2. The molecule has 2 aromatic carbocycles. The molecule has 3 amide bonds. The maximum Gasteiger partial charge on any atom is 0.321 e. The van der Waals surface area contributed by atoms with Gasteiger partial charge in [-0.2, -0.15) is 0 Å². The second-order valence-corrected chi connectivity index (χ2v) is 8.27. The number of nitrogens with one attached hydrogen (secondary N) is 2. The van der Waals surface area contributed by atoms with Crippen molar-refractivity contribution in [2.24, 2.45) is 5.92 Å². The molecule has 0 saturated carbocycles. The number of piperidine rings is 1. The molecule has 3 rings (SSSR count). The standard InChI is InChI=1S/C22H25Cl2N3O2/c1-15(12-16-9-10-18(23)13-20(16)24)25-21(28)17-6-5-11-27(14-17)22(29)26-19-7-3-2-4-8-19/h2-4,7-10,13,15,17H,5-6,11-12,14H2,1H3,(H,25,28)(H,26,29). The van der Waals surface area contributed by atoms with Crippen LogP contribution in [0.3, 0.4) is 0 Å². The summed E-state index contributed by atoms with van der Waals surface area (Å²) in [6, 6.07) is 14.5. The minimum Gasteiger partial charge on any atom is -0.353 e. The number of anilines is 1. The number of hydrogen-bond donors (Lipinski definition) is 2. The third kappa shape index (κ3) is 6.12. The van der Waals surface area contributed by atoms with Crippen molar-refractivity contribution in [1.29, 1.82) is 0 Å². The summed E-state index contributed by atoms with van der Waals surface area (Å²) in [6.45, 7) is 3.02. The molecule has 2 unspecified atom stereocenters. The predicted molar refractivity (Wildman–Crippen MR) is 118 cm³/mol. The Kier molecular flexibility index (Phi) is 7.40. The molecule has 0 bridgehead atoms. The normalized spacial score (nSPS) is 17.5. The Bertz CT molecular complexity index is 860. The number of carbonyl (C=O) groups excluding carboxylic acids is 2. The quantitative estimate of drug-likeness (QED) is 0.697. The van der Waals surface area contributed by atoms with Crippen LogP contribution in [0.1, 0.15) is 25.3 Å². The fraction of sp³-hybridized carbons (Fsp3) is 0.364. The van der Waals surface area contributed by atoms with Crippen molar-refractivity contribution in [3.8, 4) is 0 Å². The van der Waals surface area contributed by atoms with Crippen molar-refractivity contribution >= 4 is 40.8 Å². The van der Waals surface area contributed by atoms with Crippen molar-refractivity contribution in [1.82, 2.24) is 10.2 Å². The zero-order valence-electron chi connectivity index (χ0n) is 16.3. The molecule has 1 saturated heterocycles. The summed E-state index contributed by atoms with van der Waals surface area (Å²) in [5, 5.41) is 7.13. The second kappa shape index (κ2) is 9.99. The van der Waals surface area contributed by atoms with Crippen LogP contribution in [0, 0.1) is 5.92 Å². The van der Waals surface area contributed by atoms with Gasteiger partial charge in [-0.25, -0.2) is 4.79 Å². The molecule has 0 aliphatic carbocycles. The average molecular weight is 434 g/mol. The number of benzene rings is 2. The van der Waals surface area contributed by atoms with Gasteiger partial charge >= 0.3 is 6.03 Å². The zero-order valence-corrected chi connectivity index (χ0v) is 17.8. The number of carbonyl (C=O) groups is 2. The lowest BCUT2D eigenvalue weighted by Gasteiger charge is -2.32. The van der Waals surface area contributed by atoms with E-state index in [1.54, 1.807) is 17.0 Å². The summed E-state index contributed by atoms with van der Waals surface area (Å²) < 4.78 is 0. The van der Waals surface area contributed by atoms with Crippen LogP contribution in [-0.4, -0.2) is 36.0 Å². The molecule has 1 aliphatic rings. The fourth-order valence-corrected chi connectivity index (χ4v) is 4.01. The van der Waals surface area contributed by atoms with E-state index in [0.717, 1.165) is 24.1 Å². The molecule has 2 N–H and O–H groups in total. The molecule has 0 spiro atoms. The largest absolute Gasteiger partial charge is 0.353 e. The first kappa shape index (κ1) is 21.5. The molecule has 0 aromatic heterocycles. The molecule has 5 nitrogen and oxygen atoms in total. The van der Waals surface area contributed by atoms with Gasteiger partial charge in [-0.15, -0.1) is 0 Å². The minimum absolute atomic E-state index is 0.0280. The highest BCUT2D eigenvalue weighted by molar-refractivity contribution is 6.35. The first-order chi connectivity index (χ1) is 13.9. The van der Waals surface area contributed by atoms with Crippen LogP contribution in [0.2, 0.25) is 10.0 Å². The van der Waals surface area contributed by atoms with E-state index in [1.165, 1.54) is 0 Å². The monoisotopic (exact) mass is 433 g/mol. The van der Waals surface area contributed by atoms with E-state index < -0.39 is 0 Å². The topological polar surface area (TPSA) is 61.4 Å². The maximum atomic E-state index is 12.7. The molecule has 29 heavy (non-hydrogen) atoms.